The molecule has 0 radical (unpaired) electrons. The van der Waals surface area contributed by atoms with E-state index in [4.69, 9.17) is 0 Å². The van der Waals surface area contributed by atoms with E-state index in [9.17, 15) is 22.9 Å². The zero-order valence-electron chi connectivity index (χ0n) is 24.5. The molecule has 0 aliphatic heterocycles. The summed E-state index contributed by atoms with van der Waals surface area (Å²) in [6.07, 6.45) is 30.4. The molecule has 2 atom stereocenters. The highest BCUT2D eigenvalue weighted by Crippen LogP contribution is 2.14. The van der Waals surface area contributed by atoms with Crippen molar-refractivity contribution in [3.05, 3.63) is 24.3 Å². The molecule has 3 N–H and O–H groups in total. The zero-order chi connectivity index (χ0) is 28.3. The maximum absolute atomic E-state index is 12.3. The third kappa shape index (κ3) is 26.4. The van der Waals surface area contributed by atoms with Gasteiger partial charge in [-0.25, -0.2) is 0 Å². The van der Waals surface area contributed by atoms with Crippen LogP contribution in [-0.2, 0) is 14.9 Å². The molecule has 0 spiro atoms. The summed E-state index contributed by atoms with van der Waals surface area (Å²) in [6, 6.07) is -1.06. The van der Waals surface area contributed by atoms with Crippen molar-refractivity contribution in [3.8, 4) is 0 Å². The second-order valence-corrected chi connectivity index (χ2v) is 12.2. The Balaban J connectivity index is 3.95. The van der Waals surface area contributed by atoms with Crippen molar-refractivity contribution in [1.29, 1.82) is 0 Å². The van der Waals surface area contributed by atoms with Gasteiger partial charge in [0, 0.05) is 6.42 Å². The van der Waals surface area contributed by atoms with E-state index in [1.54, 1.807) is 6.08 Å². The summed E-state index contributed by atoms with van der Waals surface area (Å²) in [7, 11) is -4.33. The molecular weight excluding hydrogens is 498 g/mol. The van der Waals surface area contributed by atoms with Crippen molar-refractivity contribution in [1.82, 2.24) is 5.32 Å². The monoisotopic (exact) mass is 557 g/mol. The fourth-order valence-corrected chi connectivity index (χ4v) is 5.26. The third-order valence-corrected chi connectivity index (χ3v) is 7.64. The van der Waals surface area contributed by atoms with E-state index in [-0.39, 0.29) is 5.91 Å². The van der Waals surface area contributed by atoms with Gasteiger partial charge in [0.25, 0.3) is 10.1 Å². The minimum Gasteiger partial charge on any atom is -0.387 e. The summed E-state index contributed by atoms with van der Waals surface area (Å²) in [5, 5.41) is 13.0. The Kier molecular flexibility index (Phi) is 25.3. The highest BCUT2D eigenvalue weighted by molar-refractivity contribution is 7.85. The summed E-state index contributed by atoms with van der Waals surface area (Å²) in [5.41, 5.74) is 0. The Hall–Kier alpha value is -1.18. The smallest absolute Gasteiger partial charge is 0.267 e. The van der Waals surface area contributed by atoms with Gasteiger partial charge in [-0.2, -0.15) is 8.42 Å². The van der Waals surface area contributed by atoms with Crippen LogP contribution in [0, 0.1) is 0 Å². The van der Waals surface area contributed by atoms with Crippen LogP contribution in [0.15, 0.2) is 24.3 Å². The lowest BCUT2D eigenvalue weighted by molar-refractivity contribution is -0.122. The predicted octanol–water partition coefficient (Wildman–Crippen LogP) is 8.06. The van der Waals surface area contributed by atoms with E-state index in [0.29, 0.717) is 12.8 Å². The minimum absolute atomic E-state index is 0.291. The van der Waals surface area contributed by atoms with Crippen molar-refractivity contribution in [2.75, 3.05) is 5.75 Å². The van der Waals surface area contributed by atoms with Crippen molar-refractivity contribution >= 4 is 16.0 Å². The zero-order valence-corrected chi connectivity index (χ0v) is 25.4. The summed E-state index contributed by atoms with van der Waals surface area (Å²) >= 11 is 0. The number of unbranched alkanes of at least 4 members (excludes halogenated alkanes) is 17. The number of rotatable bonds is 27. The molecule has 2 unspecified atom stereocenters. The molecule has 0 saturated carbocycles. The van der Waals surface area contributed by atoms with Crippen molar-refractivity contribution < 1.29 is 22.9 Å². The van der Waals surface area contributed by atoms with Gasteiger partial charge in [0.1, 0.15) is 0 Å². The fourth-order valence-electron chi connectivity index (χ4n) is 4.53. The highest BCUT2D eigenvalue weighted by atomic mass is 32.2. The molecule has 38 heavy (non-hydrogen) atoms. The van der Waals surface area contributed by atoms with Gasteiger partial charge in [-0.1, -0.05) is 141 Å². The second-order valence-electron chi connectivity index (χ2n) is 10.7. The van der Waals surface area contributed by atoms with Crippen LogP contribution in [0.4, 0.5) is 0 Å². The SMILES string of the molecule is CCC/C=C/CC/C=C/C(O)C(CS(=O)(=O)O)NC(=O)CCCCCCCCCCCCCCCCCC. The Morgan fingerprint density at radius 2 is 1.13 bits per heavy atom. The van der Waals surface area contributed by atoms with Gasteiger partial charge in [-0.3, -0.25) is 9.35 Å². The topological polar surface area (TPSA) is 104 Å². The number of amides is 1. The Bertz CT molecular complexity index is 705. The van der Waals surface area contributed by atoms with E-state index in [1.165, 1.54) is 89.5 Å². The number of allylic oxidation sites excluding steroid dienone is 3. The standard InChI is InChI=1S/C31H59NO5S/c1-3-5-7-9-11-12-13-14-15-16-17-18-19-21-23-25-27-31(34)32-29(28-38(35,36)37)30(33)26-24-22-20-10-8-6-4-2/h8,10,24,26,29-30,33H,3-7,9,11-23,25,27-28H2,1-2H3,(H,32,34)(H,35,36,37)/b10-8+,26-24+. The van der Waals surface area contributed by atoms with Gasteiger partial charge in [0.15, 0.2) is 0 Å². The maximum atomic E-state index is 12.3. The number of hydrogen-bond acceptors (Lipinski definition) is 4. The molecule has 0 aromatic heterocycles. The van der Waals surface area contributed by atoms with E-state index in [2.05, 4.69) is 31.3 Å². The van der Waals surface area contributed by atoms with Crippen LogP contribution in [0.2, 0.25) is 0 Å². The van der Waals surface area contributed by atoms with Gasteiger partial charge in [0.2, 0.25) is 5.91 Å². The number of aliphatic hydroxyl groups excluding tert-OH is 1. The first-order chi connectivity index (χ1) is 18.3. The molecule has 1 amide bonds. The molecule has 7 heteroatoms. The fraction of sp³-hybridized carbons (Fsp3) is 0.839. The molecular formula is C31H59NO5S. The van der Waals surface area contributed by atoms with Crippen molar-refractivity contribution in [2.24, 2.45) is 0 Å². The van der Waals surface area contributed by atoms with Crippen LogP contribution in [-0.4, -0.2) is 41.9 Å². The average molecular weight is 558 g/mol. The van der Waals surface area contributed by atoms with E-state index in [0.717, 1.165) is 38.5 Å². The van der Waals surface area contributed by atoms with Gasteiger partial charge in [-0.05, 0) is 25.7 Å². The van der Waals surface area contributed by atoms with E-state index in [1.807, 2.05) is 0 Å². The lowest BCUT2D eigenvalue weighted by Gasteiger charge is -2.21. The molecule has 0 aliphatic carbocycles. The molecule has 0 bridgehead atoms. The number of carbonyl (C=O) groups excluding carboxylic acids is 1. The van der Waals surface area contributed by atoms with Gasteiger partial charge >= 0.3 is 0 Å². The molecule has 224 valence electrons. The molecule has 6 nitrogen and oxygen atoms in total. The summed E-state index contributed by atoms with van der Waals surface area (Å²) < 4.78 is 32.0. The maximum Gasteiger partial charge on any atom is 0.267 e. The lowest BCUT2D eigenvalue weighted by Crippen LogP contribution is -2.46. The lowest BCUT2D eigenvalue weighted by atomic mass is 10.0. The Labute approximate surface area is 234 Å². The quantitative estimate of drug-likeness (QED) is 0.0538. The summed E-state index contributed by atoms with van der Waals surface area (Å²) in [6.45, 7) is 4.38. The van der Waals surface area contributed by atoms with Gasteiger partial charge < -0.3 is 10.4 Å². The molecule has 0 heterocycles. The van der Waals surface area contributed by atoms with Gasteiger partial charge in [-0.15, -0.1) is 0 Å². The highest BCUT2D eigenvalue weighted by Gasteiger charge is 2.24. The Morgan fingerprint density at radius 3 is 1.61 bits per heavy atom. The molecule has 0 aromatic rings. The molecule has 0 rings (SSSR count). The first-order valence-electron chi connectivity index (χ1n) is 15.5. The first kappa shape index (κ1) is 36.8. The molecule has 0 fully saturated rings. The van der Waals surface area contributed by atoms with Crippen molar-refractivity contribution in [2.45, 2.75) is 161 Å². The predicted molar refractivity (Wildman–Crippen MR) is 161 cm³/mol. The average Bonchev–Trinajstić information content (AvgIpc) is 2.86. The van der Waals surface area contributed by atoms with Crippen LogP contribution in [0.1, 0.15) is 149 Å². The Morgan fingerprint density at radius 1 is 0.684 bits per heavy atom. The summed E-state index contributed by atoms with van der Waals surface area (Å²) in [5.74, 6) is -1.00. The van der Waals surface area contributed by atoms with Crippen molar-refractivity contribution in [3.63, 3.8) is 0 Å². The van der Waals surface area contributed by atoms with Gasteiger partial charge in [0.05, 0.1) is 17.9 Å². The second kappa shape index (κ2) is 26.1. The van der Waals surface area contributed by atoms with Crippen LogP contribution < -0.4 is 5.32 Å². The summed E-state index contributed by atoms with van der Waals surface area (Å²) in [4.78, 5) is 12.3. The molecule has 0 aromatic carbocycles. The number of aliphatic hydroxyl groups is 1. The largest absolute Gasteiger partial charge is 0.387 e. The molecule has 0 saturated heterocycles. The van der Waals surface area contributed by atoms with E-state index < -0.39 is 28.0 Å². The van der Waals surface area contributed by atoms with Crippen LogP contribution in [0.3, 0.4) is 0 Å². The minimum atomic E-state index is -4.33. The van der Waals surface area contributed by atoms with Crippen LogP contribution in [0.5, 0.6) is 0 Å². The normalized spacial score (nSPS) is 13.9. The van der Waals surface area contributed by atoms with E-state index >= 15 is 0 Å². The number of nitrogens with one attached hydrogen (secondary N) is 1. The van der Waals surface area contributed by atoms with Crippen LogP contribution >= 0.6 is 0 Å². The third-order valence-electron chi connectivity index (χ3n) is 6.86. The van der Waals surface area contributed by atoms with Crippen LogP contribution in [0.25, 0.3) is 0 Å². The molecule has 0 aliphatic rings. The number of carbonyl (C=O) groups is 1. The first-order valence-corrected chi connectivity index (χ1v) is 17.1. The number of hydrogen-bond donors (Lipinski definition) is 3.